The van der Waals surface area contributed by atoms with E-state index in [9.17, 15) is 5.11 Å². The maximum absolute atomic E-state index is 9.68. The predicted octanol–water partition coefficient (Wildman–Crippen LogP) is 4.29. The molecule has 1 rings (SSSR count). The largest absolute Gasteiger partial charge is 0.508 e. The van der Waals surface area contributed by atoms with E-state index in [1.54, 1.807) is 18.2 Å². The van der Waals surface area contributed by atoms with Crippen molar-refractivity contribution in [2.75, 3.05) is 19.8 Å². The number of benzene rings is 1. The van der Waals surface area contributed by atoms with Gasteiger partial charge in [-0.3, -0.25) is 0 Å². The van der Waals surface area contributed by atoms with Crippen LogP contribution >= 0.6 is 0 Å². The van der Waals surface area contributed by atoms with Crippen LogP contribution in [0.15, 0.2) is 24.3 Å². The van der Waals surface area contributed by atoms with E-state index in [0.29, 0.717) is 18.8 Å². The van der Waals surface area contributed by atoms with Gasteiger partial charge in [0.2, 0.25) is 0 Å². The van der Waals surface area contributed by atoms with Crippen molar-refractivity contribution >= 4 is 0 Å². The number of hydrogen-bond donors (Lipinski definition) is 1. The van der Waals surface area contributed by atoms with E-state index < -0.39 is 6.29 Å². The van der Waals surface area contributed by atoms with Crippen LogP contribution in [0.4, 0.5) is 0 Å². The Morgan fingerprint density at radius 2 is 1.42 bits per heavy atom. The van der Waals surface area contributed by atoms with Gasteiger partial charge in [-0.2, -0.15) is 0 Å². The SMILES string of the molecule is CC(C)(C)COC(COOCc1ccccc1O)OCC(C)(C)C. The number of hydrogen-bond acceptors (Lipinski definition) is 5. The number of aromatic hydroxyl groups is 1. The summed E-state index contributed by atoms with van der Waals surface area (Å²) in [5.41, 5.74) is 0.750. The van der Waals surface area contributed by atoms with Crippen LogP contribution in [0.1, 0.15) is 47.1 Å². The van der Waals surface area contributed by atoms with Gasteiger partial charge in [0.1, 0.15) is 19.0 Å². The molecule has 0 saturated carbocycles. The van der Waals surface area contributed by atoms with E-state index in [1.807, 2.05) is 6.07 Å². The first-order valence-electron chi connectivity index (χ1n) is 8.31. The van der Waals surface area contributed by atoms with E-state index in [-0.39, 0.29) is 29.8 Å². The maximum atomic E-state index is 9.68. The molecule has 24 heavy (non-hydrogen) atoms. The Kier molecular flexibility index (Phi) is 8.16. The van der Waals surface area contributed by atoms with Crippen molar-refractivity contribution in [3.8, 4) is 5.75 Å². The normalized spacial score (nSPS) is 12.8. The summed E-state index contributed by atoms with van der Waals surface area (Å²) in [4.78, 5) is 10.4. The third-order valence-corrected chi connectivity index (χ3v) is 2.90. The molecule has 0 fully saturated rings. The highest BCUT2D eigenvalue weighted by molar-refractivity contribution is 5.30. The summed E-state index contributed by atoms with van der Waals surface area (Å²) in [6, 6.07) is 6.99. The molecule has 5 heteroatoms. The van der Waals surface area contributed by atoms with Crippen LogP contribution in [0.5, 0.6) is 5.75 Å². The quantitative estimate of drug-likeness (QED) is 0.314. The van der Waals surface area contributed by atoms with Crippen molar-refractivity contribution in [1.29, 1.82) is 0 Å². The van der Waals surface area contributed by atoms with Crippen LogP contribution in [0.3, 0.4) is 0 Å². The zero-order valence-corrected chi connectivity index (χ0v) is 15.8. The fraction of sp³-hybridized carbons (Fsp3) is 0.684. The Morgan fingerprint density at radius 1 is 0.875 bits per heavy atom. The summed E-state index contributed by atoms with van der Waals surface area (Å²) in [5.74, 6) is 0.186. The first-order chi connectivity index (χ1) is 11.1. The van der Waals surface area contributed by atoms with E-state index in [4.69, 9.17) is 19.2 Å². The Labute approximate surface area is 145 Å². The van der Waals surface area contributed by atoms with E-state index >= 15 is 0 Å². The number of phenols is 1. The van der Waals surface area contributed by atoms with Gasteiger partial charge < -0.3 is 14.6 Å². The Hall–Kier alpha value is -1.14. The number of phenolic OH excluding ortho intramolecular Hbond substituents is 1. The molecule has 0 amide bonds. The molecule has 0 atom stereocenters. The third kappa shape index (κ3) is 9.88. The Balaban J connectivity index is 2.41. The summed E-state index contributed by atoms with van der Waals surface area (Å²) < 4.78 is 11.6. The van der Waals surface area contributed by atoms with Gasteiger partial charge in [-0.05, 0) is 16.9 Å². The van der Waals surface area contributed by atoms with Gasteiger partial charge in [-0.1, -0.05) is 59.7 Å². The maximum Gasteiger partial charge on any atom is 0.184 e. The summed E-state index contributed by atoms with van der Waals surface area (Å²) in [7, 11) is 0. The zero-order valence-electron chi connectivity index (χ0n) is 15.8. The van der Waals surface area contributed by atoms with E-state index in [1.165, 1.54) is 0 Å². The zero-order chi connectivity index (χ0) is 18.2. The average molecular weight is 340 g/mol. The summed E-state index contributed by atoms with van der Waals surface area (Å²) in [6.07, 6.45) is -0.493. The lowest BCUT2D eigenvalue weighted by atomic mass is 9.98. The second-order valence-corrected chi connectivity index (χ2v) is 8.35. The van der Waals surface area contributed by atoms with Gasteiger partial charge in [0.25, 0.3) is 0 Å². The van der Waals surface area contributed by atoms with Crippen molar-refractivity contribution in [2.45, 2.75) is 54.4 Å². The minimum Gasteiger partial charge on any atom is -0.508 e. The standard InChI is InChI=1S/C19H32O5/c1-18(2,3)13-21-17(22-14-19(4,5)6)12-24-23-11-15-9-7-8-10-16(15)20/h7-10,17,20H,11-14H2,1-6H3. The van der Waals surface area contributed by atoms with Crippen molar-refractivity contribution < 1.29 is 24.4 Å². The lowest BCUT2D eigenvalue weighted by Crippen LogP contribution is -2.31. The lowest BCUT2D eigenvalue weighted by Gasteiger charge is -2.26. The van der Waals surface area contributed by atoms with Crippen molar-refractivity contribution in [1.82, 2.24) is 0 Å². The number of rotatable bonds is 9. The molecule has 0 saturated heterocycles. The highest BCUT2D eigenvalue weighted by Gasteiger charge is 2.20. The highest BCUT2D eigenvalue weighted by atomic mass is 17.2. The average Bonchev–Trinajstić information content (AvgIpc) is 2.45. The van der Waals surface area contributed by atoms with Gasteiger partial charge in [0.15, 0.2) is 6.29 Å². The molecule has 138 valence electrons. The summed E-state index contributed by atoms with van der Waals surface area (Å²) in [5, 5.41) is 9.68. The Morgan fingerprint density at radius 3 is 1.92 bits per heavy atom. The van der Waals surface area contributed by atoms with E-state index in [2.05, 4.69) is 41.5 Å². The van der Waals surface area contributed by atoms with Gasteiger partial charge in [0.05, 0.1) is 13.2 Å². The first-order valence-corrected chi connectivity index (χ1v) is 8.31. The minimum atomic E-state index is -0.493. The van der Waals surface area contributed by atoms with Crippen molar-refractivity contribution in [3.63, 3.8) is 0 Å². The van der Waals surface area contributed by atoms with Crippen LogP contribution in [0.2, 0.25) is 0 Å². The lowest BCUT2D eigenvalue weighted by molar-refractivity contribution is -0.339. The predicted molar refractivity (Wildman–Crippen MR) is 93.4 cm³/mol. The fourth-order valence-electron chi connectivity index (χ4n) is 1.67. The third-order valence-electron chi connectivity index (χ3n) is 2.90. The monoisotopic (exact) mass is 340 g/mol. The molecule has 1 aromatic rings. The fourth-order valence-corrected chi connectivity index (χ4v) is 1.67. The van der Waals surface area contributed by atoms with Gasteiger partial charge in [0, 0.05) is 5.56 Å². The van der Waals surface area contributed by atoms with E-state index in [0.717, 1.165) is 0 Å². The molecule has 0 aliphatic heterocycles. The van der Waals surface area contributed by atoms with Crippen LogP contribution in [-0.4, -0.2) is 31.2 Å². The molecule has 0 bridgehead atoms. The molecule has 0 aliphatic rings. The smallest absolute Gasteiger partial charge is 0.184 e. The highest BCUT2D eigenvalue weighted by Crippen LogP contribution is 2.19. The van der Waals surface area contributed by atoms with Crippen LogP contribution < -0.4 is 0 Å². The first kappa shape index (κ1) is 20.9. The molecule has 0 aromatic heterocycles. The van der Waals surface area contributed by atoms with Crippen molar-refractivity contribution in [3.05, 3.63) is 29.8 Å². The van der Waals surface area contributed by atoms with Gasteiger partial charge >= 0.3 is 0 Å². The van der Waals surface area contributed by atoms with Crippen LogP contribution in [0.25, 0.3) is 0 Å². The molecule has 0 radical (unpaired) electrons. The molecule has 0 unspecified atom stereocenters. The number of para-hydroxylation sites is 1. The van der Waals surface area contributed by atoms with Crippen LogP contribution in [-0.2, 0) is 25.9 Å². The van der Waals surface area contributed by atoms with Crippen LogP contribution in [0, 0.1) is 10.8 Å². The summed E-state index contributed by atoms with van der Waals surface area (Å²) >= 11 is 0. The molecule has 0 spiro atoms. The molecular formula is C19H32O5. The second-order valence-electron chi connectivity index (χ2n) is 8.35. The van der Waals surface area contributed by atoms with Gasteiger partial charge in [-0.25, -0.2) is 9.78 Å². The topological polar surface area (TPSA) is 57.2 Å². The molecule has 1 N–H and O–H groups in total. The Bertz CT molecular complexity index is 455. The van der Waals surface area contributed by atoms with Crippen molar-refractivity contribution in [2.24, 2.45) is 10.8 Å². The second kappa shape index (κ2) is 9.37. The molecule has 0 aliphatic carbocycles. The molecule has 5 nitrogen and oxygen atoms in total. The molecule has 0 heterocycles. The van der Waals surface area contributed by atoms with Gasteiger partial charge in [-0.15, -0.1) is 0 Å². The number of ether oxygens (including phenoxy) is 2. The summed E-state index contributed by atoms with van der Waals surface area (Å²) in [6.45, 7) is 14.1. The molecular weight excluding hydrogens is 308 g/mol. The molecule has 1 aromatic carbocycles. The minimum absolute atomic E-state index is 0.0417.